The summed E-state index contributed by atoms with van der Waals surface area (Å²) in [6, 6.07) is 9.86. The Kier molecular flexibility index (Phi) is 8.41. The van der Waals surface area contributed by atoms with Gasteiger partial charge in [0, 0.05) is 16.7 Å². The van der Waals surface area contributed by atoms with E-state index in [0.29, 0.717) is 17.0 Å². The number of methoxy groups -OCH3 is 1. The van der Waals surface area contributed by atoms with Gasteiger partial charge in [-0.25, -0.2) is 4.98 Å². The van der Waals surface area contributed by atoms with E-state index < -0.39 is 23.8 Å². The predicted octanol–water partition coefficient (Wildman–Crippen LogP) is 2.74. The van der Waals surface area contributed by atoms with Crippen molar-refractivity contribution in [2.75, 3.05) is 20.3 Å². The van der Waals surface area contributed by atoms with Crippen LogP contribution in [0.5, 0.6) is 5.88 Å². The monoisotopic (exact) mass is 450 g/mol. The van der Waals surface area contributed by atoms with Crippen molar-refractivity contribution in [2.45, 2.75) is 25.3 Å². The molecule has 0 radical (unpaired) electrons. The molecule has 1 unspecified atom stereocenters. The van der Waals surface area contributed by atoms with Crippen LogP contribution in [0.25, 0.3) is 0 Å². The normalized spacial score (nSPS) is 12.7. The average molecular weight is 451 g/mol. The third kappa shape index (κ3) is 6.03. The Labute approximate surface area is 172 Å². The highest BCUT2D eigenvalue weighted by molar-refractivity contribution is 9.10. The second kappa shape index (κ2) is 10.8. The third-order valence-electron chi connectivity index (χ3n) is 4.13. The lowest BCUT2D eigenvalue weighted by molar-refractivity contribution is -0.143. The van der Waals surface area contributed by atoms with E-state index >= 15 is 0 Å². The number of ether oxygens (including phenoxy) is 2. The number of benzene rings is 1. The van der Waals surface area contributed by atoms with E-state index in [0.717, 1.165) is 4.47 Å². The molecule has 0 bridgehead atoms. The van der Waals surface area contributed by atoms with Crippen LogP contribution in [0.3, 0.4) is 0 Å². The minimum Gasteiger partial charge on any atom is -0.481 e. The fourth-order valence-corrected chi connectivity index (χ4v) is 2.93. The molecule has 150 valence electrons. The summed E-state index contributed by atoms with van der Waals surface area (Å²) in [4.78, 5) is 29.0. The maximum Gasteiger partial charge on any atom is 0.308 e. The molecule has 28 heavy (non-hydrogen) atoms. The number of carbonyl (C=O) groups is 2. The second-order valence-electron chi connectivity index (χ2n) is 5.99. The van der Waals surface area contributed by atoms with E-state index in [1.807, 2.05) is 0 Å². The van der Waals surface area contributed by atoms with Crippen molar-refractivity contribution < 1.29 is 24.2 Å². The van der Waals surface area contributed by atoms with E-state index in [1.54, 1.807) is 43.3 Å². The Bertz CT molecular complexity index is 780. The largest absolute Gasteiger partial charge is 0.481 e. The molecule has 0 spiro atoms. The van der Waals surface area contributed by atoms with Crippen LogP contribution in [-0.4, -0.2) is 42.3 Å². The molecule has 1 aromatic heterocycles. The van der Waals surface area contributed by atoms with Crippen LogP contribution in [0.4, 0.5) is 0 Å². The van der Waals surface area contributed by atoms with Crippen molar-refractivity contribution in [3.8, 4) is 5.88 Å². The first-order chi connectivity index (χ1) is 13.5. The number of carbonyl (C=O) groups excluding carboxylic acids is 2. The third-order valence-corrected chi connectivity index (χ3v) is 4.66. The number of rotatable bonds is 9. The molecule has 1 heterocycles. The van der Waals surface area contributed by atoms with Crippen molar-refractivity contribution in [1.29, 1.82) is 0 Å². The van der Waals surface area contributed by atoms with Gasteiger partial charge in [0.1, 0.15) is 0 Å². The Morgan fingerprint density at radius 2 is 1.86 bits per heavy atom. The van der Waals surface area contributed by atoms with E-state index in [9.17, 15) is 14.7 Å². The van der Waals surface area contributed by atoms with Crippen LogP contribution in [-0.2, 0) is 14.3 Å². The van der Waals surface area contributed by atoms with Gasteiger partial charge in [-0.3, -0.25) is 9.59 Å². The molecule has 0 saturated carbocycles. The van der Waals surface area contributed by atoms with Crippen molar-refractivity contribution in [2.24, 2.45) is 0 Å². The second-order valence-corrected chi connectivity index (χ2v) is 6.91. The molecule has 0 aliphatic rings. The zero-order valence-electron chi connectivity index (χ0n) is 15.7. The van der Waals surface area contributed by atoms with E-state index in [-0.39, 0.29) is 19.6 Å². The minimum absolute atomic E-state index is 0.0495. The number of aliphatic hydroxyl groups excluding tert-OH is 1. The fraction of sp³-hybridized carbons (Fsp3) is 0.350. The van der Waals surface area contributed by atoms with Crippen LogP contribution in [0.15, 0.2) is 47.1 Å². The first-order valence-corrected chi connectivity index (χ1v) is 9.60. The van der Waals surface area contributed by atoms with E-state index in [1.165, 1.54) is 13.3 Å². The smallest absolute Gasteiger partial charge is 0.308 e. The molecule has 8 heteroatoms. The number of halogens is 1. The van der Waals surface area contributed by atoms with Crippen molar-refractivity contribution in [3.63, 3.8) is 0 Å². The summed E-state index contributed by atoms with van der Waals surface area (Å²) in [5, 5.41) is 12.6. The summed E-state index contributed by atoms with van der Waals surface area (Å²) >= 11 is 3.35. The highest BCUT2D eigenvalue weighted by atomic mass is 79.9. The summed E-state index contributed by atoms with van der Waals surface area (Å²) in [5.74, 6) is -1.17. The molecule has 0 saturated heterocycles. The Hall–Kier alpha value is -2.45. The van der Waals surface area contributed by atoms with E-state index in [4.69, 9.17) is 9.47 Å². The zero-order valence-corrected chi connectivity index (χ0v) is 17.3. The van der Waals surface area contributed by atoms with Crippen molar-refractivity contribution in [1.82, 2.24) is 10.3 Å². The van der Waals surface area contributed by atoms with Gasteiger partial charge in [-0.15, -0.1) is 0 Å². The number of esters is 1. The van der Waals surface area contributed by atoms with Gasteiger partial charge in [0.05, 0.1) is 38.7 Å². The lowest BCUT2D eigenvalue weighted by Gasteiger charge is -2.22. The molecule has 1 aromatic carbocycles. The van der Waals surface area contributed by atoms with Gasteiger partial charge >= 0.3 is 5.97 Å². The highest BCUT2D eigenvalue weighted by Crippen LogP contribution is 2.23. The summed E-state index contributed by atoms with van der Waals surface area (Å²) in [6.07, 6.45) is 1.49. The van der Waals surface area contributed by atoms with Gasteiger partial charge in [0.2, 0.25) is 11.8 Å². The maximum atomic E-state index is 12.8. The van der Waals surface area contributed by atoms with Gasteiger partial charge in [-0.05, 0) is 30.2 Å². The number of hydrogen-bond donors (Lipinski definition) is 2. The summed E-state index contributed by atoms with van der Waals surface area (Å²) in [5.41, 5.74) is 1.31. The van der Waals surface area contributed by atoms with Gasteiger partial charge in [-0.2, -0.15) is 0 Å². The van der Waals surface area contributed by atoms with Crippen LogP contribution < -0.4 is 10.1 Å². The molecule has 0 aliphatic heterocycles. The lowest BCUT2D eigenvalue weighted by Crippen LogP contribution is -2.35. The number of amides is 1. The van der Waals surface area contributed by atoms with Crippen molar-refractivity contribution in [3.05, 3.63) is 58.2 Å². The number of aromatic nitrogens is 1. The van der Waals surface area contributed by atoms with Crippen LogP contribution in [0, 0.1) is 0 Å². The number of nitrogens with zero attached hydrogens (tertiary/aromatic N) is 1. The topological polar surface area (TPSA) is 97.8 Å². The summed E-state index contributed by atoms with van der Waals surface area (Å²) in [6.45, 7) is 1.61. The molecule has 2 rings (SSSR count). The Morgan fingerprint density at radius 3 is 2.39 bits per heavy atom. The van der Waals surface area contributed by atoms with Gasteiger partial charge in [0.15, 0.2) is 0 Å². The number of pyridine rings is 1. The van der Waals surface area contributed by atoms with E-state index in [2.05, 4.69) is 26.2 Å². The van der Waals surface area contributed by atoms with Crippen LogP contribution in [0.1, 0.15) is 36.4 Å². The first-order valence-electron chi connectivity index (χ1n) is 8.80. The lowest BCUT2D eigenvalue weighted by atomic mass is 9.97. The molecule has 7 nitrogen and oxygen atoms in total. The number of nitrogens with one attached hydrogen (secondary N) is 1. The Balaban J connectivity index is 2.22. The van der Waals surface area contributed by atoms with Crippen LogP contribution in [0.2, 0.25) is 0 Å². The van der Waals surface area contributed by atoms with Gasteiger partial charge in [0.25, 0.3) is 0 Å². The molecular weight excluding hydrogens is 428 g/mol. The van der Waals surface area contributed by atoms with Gasteiger partial charge < -0.3 is 19.9 Å². The van der Waals surface area contributed by atoms with Crippen molar-refractivity contribution >= 4 is 27.8 Å². The van der Waals surface area contributed by atoms with Crippen LogP contribution >= 0.6 is 15.9 Å². The standard InChI is InChI=1S/C20H23BrN2O5/c1-3-28-19(25)10-17(14-6-9-18(27-2)22-11-14)23-20(26)16(12-24)13-4-7-15(21)8-5-13/h4-9,11,16-17,24H,3,10,12H2,1-2H3,(H,23,26)/t16?,17-/m0/s1. The highest BCUT2D eigenvalue weighted by Gasteiger charge is 2.25. The minimum atomic E-state index is -0.760. The molecule has 2 aromatic rings. The molecule has 1 amide bonds. The number of hydrogen-bond acceptors (Lipinski definition) is 6. The summed E-state index contributed by atoms with van der Waals surface area (Å²) < 4.78 is 10.9. The predicted molar refractivity (Wildman–Crippen MR) is 107 cm³/mol. The summed E-state index contributed by atoms with van der Waals surface area (Å²) in [7, 11) is 1.50. The molecule has 2 N–H and O–H groups in total. The quantitative estimate of drug-likeness (QED) is 0.569. The SMILES string of the molecule is CCOC(=O)C[C@H](NC(=O)C(CO)c1ccc(Br)cc1)c1ccc(OC)nc1. The molecule has 0 aliphatic carbocycles. The molecular formula is C20H23BrN2O5. The zero-order chi connectivity index (χ0) is 20.5. The maximum absolute atomic E-state index is 12.8. The Morgan fingerprint density at radius 1 is 1.18 bits per heavy atom. The number of aliphatic hydroxyl groups is 1. The first kappa shape index (κ1) is 21.8. The van der Waals surface area contributed by atoms with Gasteiger partial charge in [-0.1, -0.05) is 34.1 Å². The fourth-order valence-electron chi connectivity index (χ4n) is 2.66. The molecule has 0 fully saturated rings. The molecule has 2 atom stereocenters. The average Bonchev–Trinajstić information content (AvgIpc) is 2.70.